The van der Waals surface area contributed by atoms with Crippen molar-refractivity contribution in [2.75, 3.05) is 11.4 Å². The highest BCUT2D eigenvalue weighted by molar-refractivity contribution is 7.14. The third-order valence-corrected chi connectivity index (χ3v) is 5.95. The molecule has 0 aliphatic carbocycles. The fraction of sp³-hybridized carbons (Fsp3) is 0.800. The number of rotatable bonds is 2. The molecule has 2 aliphatic heterocycles. The molecule has 116 valence electrons. The largest absolute Gasteiger partial charge is 0.515 e. The van der Waals surface area contributed by atoms with Gasteiger partial charge < -0.3 is 14.2 Å². The standard InChI is InChI=1S/C15H25BN2O2S/c1-11-8-6-7-9-18(11)13-17-12(10-21-13)16-19-14(2,3)15(4,5)20-16/h10-11H,6-9H2,1-5H3/t11-/m1/s1. The first kappa shape index (κ1) is 15.3. The Bertz CT molecular complexity index is 502. The summed E-state index contributed by atoms with van der Waals surface area (Å²) >= 11 is 1.70. The fourth-order valence-electron chi connectivity index (χ4n) is 2.86. The molecule has 6 heteroatoms. The third-order valence-electron chi connectivity index (χ3n) is 5.05. The Morgan fingerprint density at radius 2 is 1.90 bits per heavy atom. The molecule has 1 aromatic heterocycles. The number of piperidine rings is 1. The van der Waals surface area contributed by atoms with E-state index in [9.17, 15) is 0 Å². The maximum Gasteiger partial charge on any atom is 0.515 e. The predicted octanol–water partition coefficient (Wildman–Crippen LogP) is 2.82. The number of thiazole rings is 1. The summed E-state index contributed by atoms with van der Waals surface area (Å²) in [5.41, 5.74) is 0.297. The number of aromatic nitrogens is 1. The minimum atomic E-state index is -0.347. The smallest absolute Gasteiger partial charge is 0.398 e. The summed E-state index contributed by atoms with van der Waals surface area (Å²) in [4.78, 5) is 7.21. The number of hydrogen-bond donors (Lipinski definition) is 0. The molecule has 1 atom stereocenters. The van der Waals surface area contributed by atoms with Crippen LogP contribution in [0.4, 0.5) is 5.13 Å². The van der Waals surface area contributed by atoms with E-state index in [2.05, 4.69) is 44.9 Å². The van der Waals surface area contributed by atoms with Gasteiger partial charge in [0.05, 0.1) is 16.8 Å². The Morgan fingerprint density at radius 3 is 2.52 bits per heavy atom. The average Bonchev–Trinajstić information content (AvgIpc) is 2.94. The highest BCUT2D eigenvalue weighted by Gasteiger charge is 2.52. The van der Waals surface area contributed by atoms with E-state index in [0.29, 0.717) is 6.04 Å². The maximum atomic E-state index is 6.08. The van der Waals surface area contributed by atoms with E-state index in [4.69, 9.17) is 14.3 Å². The van der Waals surface area contributed by atoms with Crippen molar-refractivity contribution in [2.24, 2.45) is 0 Å². The molecule has 0 aromatic carbocycles. The average molecular weight is 308 g/mol. The molecule has 4 nitrogen and oxygen atoms in total. The van der Waals surface area contributed by atoms with Crippen LogP contribution in [0.15, 0.2) is 5.38 Å². The molecule has 0 spiro atoms. The Hall–Kier alpha value is -0.585. The van der Waals surface area contributed by atoms with Crippen molar-refractivity contribution in [3.8, 4) is 0 Å². The molecule has 0 saturated carbocycles. The van der Waals surface area contributed by atoms with Crippen LogP contribution in [-0.2, 0) is 9.31 Å². The third kappa shape index (κ3) is 2.73. The second-order valence-electron chi connectivity index (χ2n) is 7.18. The second kappa shape index (κ2) is 5.25. The Balaban J connectivity index is 1.77. The first-order valence-corrected chi connectivity index (χ1v) is 8.76. The molecule has 2 fully saturated rings. The molecular weight excluding hydrogens is 283 g/mol. The zero-order valence-electron chi connectivity index (χ0n) is 13.7. The highest BCUT2D eigenvalue weighted by Crippen LogP contribution is 2.37. The van der Waals surface area contributed by atoms with E-state index in [1.54, 1.807) is 11.3 Å². The molecule has 2 aliphatic rings. The summed E-state index contributed by atoms with van der Waals surface area (Å²) in [5.74, 6) is 0. The van der Waals surface area contributed by atoms with Gasteiger partial charge in [-0.15, -0.1) is 11.3 Å². The molecular formula is C15H25BN2O2S. The SMILES string of the molecule is C[C@@H]1CCCCN1c1nc(B2OC(C)(C)C(C)(C)O2)cs1. The van der Waals surface area contributed by atoms with Crippen molar-refractivity contribution >= 4 is 29.2 Å². The van der Waals surface area contributed by atoms with Crippen LogP contribution in [0.5, 0.6) is 0 Å². The monoisotopic (exact) mass is 308 g/mol. The van der Waals surface area contributed by atoms with Gasteiger partial charge in [-0.1, -0.05) is 0 Å². The van der Waals surface area contributed by atoms with Gasteiger partial charge in [0.2, 0.25) is 0 Å². The van der Waals surface area contributed by atoms with Gasteiger partial charge in [-0.05, 0) is 53.9 Å². The zero-order valence-corrected chi connectivity index (χ0v) is 14.5. The van der Waals surface area contributed by atoms with Crippen LogP contribution in [0, 0.1) is 0 Å². The van der Waals surface area contributed by atoms with E-state index in [0.717, 1.165) is 17.3 Å². The number of nitrogens with zero attached hydrogens (tertiary/aromatic N) is 2. The van der Waals surface area contributed by atoms with Gasteiger partial charge in [-0.3, -0.25) is 0 Å². The van der Waals surface area contributed by atoms with Crippen molar-refractivity contribution in [3.05, 3.63) is 5.38 Å². The number of anilines is 1. The normalized spacial score (nSPS) is 28.1. The van der Waals surface area contributed by atoms with E-state index >= 15 is 0 Å². The summed E-state index contributed by atoms with van der Waals surface area (Å²) in [6.07, 6.45) is 3.84. The molecule has 21 heavy (non-hydrogen) atoms. The molecule has 2 saturated heterocycles. The predicted molar refractivity (Wildman–Crippen MR) is 88.5 cm³/mol. The summed E-state index contributed by atoms with van der Waals surface area (Å²) in [6.45, 7) is 11.7. The van der Waals surface area contributed by atoms with Crippen LogP contribution >= 0.6 is 11.3 Å². The Morgan fingerprint density at radius 1 is 1.24 bits per heavy atom. The molecule has 0 N–H and O–H groups in total. The summed E-state index contributed by atoms with van der Waals surface area (Å²) in [7, 11) is -0.347. The molecule has 0 radical (unpaired) electrons. The van der Waals surface area contributed by atoms with Crippen LogP contribution in [-0.4, -0.2) is 35.9 Å². The first-order valence-electron chi connectivity index (χ1n) is 7.88. The molecule has 3 rings (SSSR count). The van der Waals surface area contributed by atoms with Gasteiger partial charge in [-0.2, -0.15) is 0 Å². The van der Waals surface area contributed by atoms with Crippen LogP contribution in [0.2, 0.25) is 0 Å². The summed E-state index contributed by atoms with van der Waals surface area (Å²) in [5, 5.41) is 3.19. The van der Waals surface area contributed by atoms with Gasteiger partial charge in [-0.25, -0.2) is 4.98 Å². The van der Waals surface area contributed by atoms with Crippen molar-refractivity contribution < 1.29 is 9.31 Å². The van der Waals surface area contributed by atoms with E-state index in [-0.39, 0.29) is 18.3 Å². The van der Waals surface area contributed by atoms with Crippen molar-refractivity contribution in [1.82, 2.24) is 4.98 Å². The first-order chi connectivity index (χ1) is 9.80. The lowest BCUT2D eigenvalue weighted by Gasteiger charge is -2.33. The van der Waals surface area contributed by atoms with E-state index in [1.807, 2.05) is 0 Å². The van der Waals surface area contributed by atoms with Crippen LogP contribution in [0.25, 0.3) is 0 Å². The van der Waals surface area contributed by atoms with Crippen LogP contribution in [0.1, 0.15) is 53.9 Å². The molecule has 3 heterocycles. The van der Waals surface area contributed by atoms with Crippen LogP contribution in [0.3, 0.4) is 0 Å². The second-order valence-corrected chi connectivity index (χ2v) is 8.02. The van der Waals surface area contributed by atoms with Crippen molar-refractivity contribution in [2.45, 2.75) is 71.1 Å². The Kier molecular flexibility index (Phi) is 3.83. The fourth-order valence-corrected chi connectivity index (χ4v) is 3.82. The quantitative estimate of drug-likeness (QED) is 0.787. The molecule has 1 aromatic rings. The Labute approximate surface area is 132 Å². The lowest BCUT2D eigenvalue weighted by molar-refractivity contribution is 0.00578. The topological polar surface area (TPSA) is 34.6 Å². The molecule has 0 bridgehead atoms. The highest BCUT2D eigenvalue weighted by atomic mass is 32.1. The molecule has 0 unspecified atom stereocenters. The zero-order chi connectivity index (χ0) is 15.3. The minimum Gasteiger partial charge on any atom is -0.398 e. The molecule has 0 amide bonds. The van der Waals surface area contributed by atoms with Crippen molar-refractivity contribution in [3.63, 3.8) is 0 Å². The van der Waals surface area contributed by atoms with E-state index < -0.39 is 0 Å². The van der Waals surface area contributed by atoms with Gasteiger partial charge in [0.1, 0.15) is 0 Å². The van der Waals surface area contributed by atoms with Gasteiger partial charge in [0.25, 0.3) is 0 Å². The van der Waals surface area contributed by atoms with Crippen molar-refractivity contribution in [1.29, 1.82) is 0 Å². The summed E-state index contributed by atoms with van der Waals surface area (Å²) in [6, 6.07) is 0.580. The number of hydrogen-bond acceptors (Lipinski definition) is 5. The van der Waals surface area contributed by atoms with Gasteiger partial charge in [0, 0.05) is 18.0 Å². The summed E-state index contributed by atoms with van der Waals surface area (Å²) < 4.78 is 12.2. The minimum absolute atomic E-state index is 0.306. The van der Waals surface area contributed by atoms with Crippen LogP contribution < -0.4 is 10.5 Å². The lowest BCUT2D eigenvalue weighted by atomic mass is 9.86. The maximum absolute atomic E-state index is 6.08. The van der Waals surface area contributed by atoms with Gasteiger partial charge >= 0.3 is 7.12 Å². The lowest BCUT2D eigenvalue weighted by Crippen LogP contribution is -2.41. The van der Waals surface area contributed by atoms with E-state index in [1.165, 1.54) is 19.3 Å². The van der Waals surface area contributed by atoms with Gasteiger partial charge in [0.15, 0.2) is 5.13 Å².